The van der Waals surface area contributed by atoms with Gasteiger partial charge in [-0.2, -0.15) is 0 Å². The van der Waals surface area contributed by atoms with Gasteiger partial charge < -0.3 is 14.4 Å². The number of methoxy groups -OCH3 is 1. The van der Waals surface area contributed by atoms with E-state index in [1.165, 1.54) is 11.1 Å². The van der Waals surface area contributed by atoms with Gasteiger partial charge in [0.15, 0.2) is 23.1 Å². The second-order valence-electron chi connectivity index (χ2n) is 13.4. The van der Waals surface area contributed by atoms with E-state index in [-0.39, 0.29) is 22.4 Å². The Morgan fingerprint density at radius 3 is 1.88 bits per heavy atom. The summed E-state index contributed by atoms with van der Waals surface area (Å²) >= 11 is 2.29. The molecule has 40 heavy (non-hydrogen) atoms. The Kier molecular flexibility index (Phi) is 7.47. The minimum atomic E-state index is -0.399. The van der Waals surface area contributed by atoms with E-state index >= 15 is 0 Å². The van der Waals surface area contributed by atoms with Crippen LogP contribution in [-0.2, 0) is 16.2 Å². The van der Waals surface area contributed by atoms with Gasteiger partial charge in [0, 0.05) is 48.3 Å². The number of Topliss-reactive ketones (excluding diaryl/α,β-unsaturated/α-hetero) is 2. The third kappa shape index (κ3) is 5.36. The van der Waals surface area contributed by atoms with Crippen LogP contribution in [0, 0.1) is 28.2 Å². The van der Waals surface area contributed by atoms with E-state index in [0.29, 0.717) is 30.9 Å². The van der Waals surface area contributed by atoms with Crippen LogP contribution in [0.15, 0.2) is 52.9 Å². The molecule has 0 unspecified atom stereocenters. The molecule has 0 spiro atoms. The van der Waals surface area contributed by atoms with Crippen molar-refractivity contribution < 1.29 is 19.1 Å². The fourth-order valence-corrected chi connectivity index (χ4v) is 7.63. The molecule has 0 saturated heterocycles. The van der Waals surface area contributed by atoms with Gasteiger partial charge in [-0.3, -0.25) is 9.59 Å². The van der Waals surface area contributed by atoms with Crippen LogP contribution in [0.1, 0.15) is 81.5 Å². The average molecular weight is 654 g/mol. The SMILES string of the molecule is COc1cc(C2C3=C(CC(C)(C)CC3=O)N(C)C3=C2C(=O)CC(C)(C)C3)cc(I)c1OCc1cc(C)cc(C)c1. The first-order valence-corrected chi connectivity index (χ1v) is 15.1. The lowest BCUT2D eigenvalue weighted by Crippen LogP contribution is -2.43. The number of hydrogen-bond acceptors (Lipinski definition) is 5. The van der Waals surface area contributed by atoms with Gasteiger partial charge in [-0.15, -0.1) is 0 Å². The summed E-state index contributed by atoms with van der Waals surface area (Å²) in [4.78, 5) is 29.8. The van der Waals surface area contributed by atoms with Crippen molar-refractivity contribution in [3.63, 3.8) is 0 Å². The molecule has 5 rings (SSSR count). The standard InChI is InChI=1S/C34H40INO4/c1-19-9-20(2)11-21(10-19)18-40-32-23(35)12-22(13-28(32)39-8)29-30-24(14-33(3,4)16-26(30)37)36(7)25-15-34(5,6)17-27(38)31(25)29/h9-13,29H,14-18H2,1-8H3. The lowest BCUT2D eigenvalue weighted by atomic mass is 9.64. The maximum atomic E-state index is 13.8. The third-order valence-electron chi connectivity index (χ3n) is 8.43. The van der Waals surface area contributed by atoms with Gasteiger partial charge in [-0.1, -0.05) is 57.0 Å². The predicted molar refractivity (Wildman–Crippen MR) is 167 cm³/mol. The zero-order chi connectivity index (χ0) is 29.1. The third-order valence-corrected chi connectivity index (χ3v) is 9.23. The molecule has 1 heterocycles. The summed E-state index contributed by atoms with van der Waals surface area (Å²) in [5.41, 5.74) is 7.82. The van der Waals surface area contributed by atoms with E-state index in [1.54, 1.807) is 7.11 Å². The Morgan fingerprint density at radius 2 is 1.38 bits per heavy atom. The minimum Gasteiger partial charge on any atom is -0.493 e. The molecule has 1 aliphatic heterocycles. The Labute approximate surface area is 252 Å². The van der Waals surface area contributed by atoms with Crippen molar-refractivity contribution in [1.29, 1.82) is 0 Å². The maximum absolute atomic E-state index is 13.8. The number of ketones is 2. The second-order valence-corrected chi connectivity index (χ2v) is 14.6. The number of nitrogens with zero attached hydrogens (tertiary/aromatic N) is 1. The summed E-state index contributed by atoms with van der Waals surface area (Å²) in [5, 5.41) is 0. The van der Waals surface area contributed by atoms with Gasteiger partial charge in [0.1, 0.15) is 6.61 Å². The first kappa shape index (κ1) is 28.9. The molecule has 212 valence electrons. The molecule has 0 aromatic heterocycles. The molecular formula is C34H40INO4. The average Bonchev–Trinajstić information content (AvgIpc) is 2.82. The molecule has 0 amide bonds. The smallest absolute Gasteiger partial charge is 0.174 e. The molecule has 5 nitrogen and oxygen atoms in total. The fourth-order valence-electron chi connectivity index (χ4n) is 6.85. The first-order chi connectivity index (χ1) is 18.7. The highest BCUT2D eigenvalue weighted by molar-refractivity contribution is 14.1. The van der Waals surface area contributed by atoms with E-state index in [2.05, 4.69) is 93.3 Å². The van der Waals surface area contributed by atoms with Crippen LogP contribution in [0.5, 0.6) is 11.5 Å². The Hall–Kier alpha value is -2.61. The van der Waals surface area contributed by atoms with Gasteiger partial charge in [0.2, 0.25) is 0 Å². The lowest BCUT2D eigenvalue weighted by molar-refractivity contribution is -0.119. The van der Waals surface area contributed by atoms with Gasteiger partial charge in [0.25, 0.3) is 0 Å². The van der Waals surface area contributed by atoms with Crippen LogP contribution in [0.4, 0.5) is 0 Å². The van der Waals surface area contributed by atoms with Crippen molar-refractivity contribution in [2.75, 3.05) is 14.2 Å². The zero-order valence-electron chi connectivity index (χ0n) is 25.0. The number of benzene rings is 2. The Morgan fingerprint density at radius 1 is 0.850 bits per heavy atom. The summed E-state index contributed by atoms with van der Waals surface area (Å²) in [6, 6.07) is 10.5. The molecule has 0 fully saturated rings. The Balaban J connectivity index is 1.62. The van der Waals surface area contributed by atoms with Gasteiger partial charge >= 0.3 is 0 Å². The normalized spacial score (nSPS) is 20.5. The van der Waals surface area contributed by atoms with Gasteiger partial charge in [0.05, 0.1) is 10.7 Å². The highest BCUT2D eigenvalue weighted by Crippen LogP contribution is 2.54. The first-order valence-electron chi connectivity index (χ1n) is 14.0. The fraction of sp³-hybridized carbons (Fsp3) is 0.471. The molecule has 0 saturated carbocycles. The zero-order valence-corrected chi connectivity index (χ0v) is 27.1. The summed E-state index contributed by atoms with van der Waals surface area (Å²) in [6.07, 6.45) is 2.56. The molecule has 2 aromatic rings. The molecule has 6 heteroatoms. The molecule has 2 aromatic carbocycles. The molecule has 3 aliphatic rings. The monoisotopic (exact) mass is 653 g/mol. The van der Waals surface area contributed by atoms with Crippen molar-refractivity contribution in [3.8, 4) is 11.5 Å². The number of ether oxygens (including phenoxy) is 2. The summed E-state index contributed by atoms with van der Waals surface area (Å²) in [7, 11) is 3.68. The predicted octanol–water partition coefficient (Wildman–Crippen LogP) is 7.81. The highest BCUT2D eigenvalue weighted by Gasteiger charge is 2.48. The van der Waals surface area contributed by atoms with Crippen LogP contribution >= 0.6 is 22.6 Å². The minimum absolute atomic E-state index is 0.126. The number of halogens is 1. The van der Waals surface area contributed by atoms with Crippen LogP contribution in [0.2, 0.25) is 0 Å². The number of carbonyl (C=O) groups excluding carboxylic acids is 2. The molecule has 0 bridgehead atoms. The maximum Gasteiger partial charge on any atom is 0.174 e. The van der Waals surface area contributed by atoms with Crippen molar-refractivity contribution in [3.05, 3.63) is 78.7 Å². The number of rotatable bonds is 5. The lowest BCUT2D eigenvalue weighted by Gasteiger charge is -2.48. The summed E-state index contributed by atoms with van der Waals surface area (Å²) < 4.78 is 13.1. The van der Waals surface area contributed by atoms with Crippen molar-refractivity contribution in [1.82, 2.24) is 4.90 Å². The highest BCUT2D eigenvalue weighted by atomic mass is 127. The van der Waals surface area contributed by atoms with Gasteiger partial charge in [-0.05, 0) is 83.4 Å². The van der Waals surface area contributed by atoms with E-state index < -0.39 is 5.92 Å². The number of hydrogen-bond donors (Lipinski definition) is 0. The molecular weight excluding hydrogens is 613 g/mol. The van der Waals surface area contributed by atoms with E-state index in [9.17, 15) is 9.59 Å². The van der Waals surface area contributed by atoms with Crippen LogP contribution in [-0.4, -0.2) is 30.6 Å². The summed E-state index contributed by atoms with van der Waals surface area (Å²) in [6.45, 7) is 13.2. The van der Waals surface area contributed by atoms with Crippen molar-refractivity contribution in [2.45, 2.75) is 79.8 Å². The molecule has 2 aliphatic carbocycles. The second kappa shape index (κ2) is 10.3. The molecule has 0 atom stereocenters. The quantitative estimate of drug-likeness (QED) is 0.308. The van der Waals surface area contributed by atoms with Crippen LogP contribution in [0.25, 0.3) is 0 Å². The largest absolute Gasteiger partial charge is 0.493 e. The van der Waals surface area contributed by atoms with Crippen LogP contribution in [0.3, 0.4) is 0 Å². The number of carbonyl (C=O) groups is 2. The van der Waals surface area contributed by atoms with Crippen molar-refractivity contribution in [2.24, 2.45) is 10.8 Å². The van der Waals surface area contributed by atoms with E-state index in [0.717, 1.165) is 50.1 Å². The Bertz CT molecular complexity index is 1400. The van der Waals surface area contributed by atoms with Crippen LogP contribution < -0.4 is 9.47 Å². The topological polar surface area (TPSA) is 55.8 Å². The van der Waals surface area contributed by atoms with E-state index in [1.807, 2.05) is 13.1 Å². The van der Waals surface area contributed by atoms with Gasteiger partial charge in [-0.25, -0.2) is 0 Å². The molecule has 0 N–H and O–H groups in total. The van der Waals surface area contributed by atoms with Crippen molar-refractivity contribution >= 4 is 34.2 Å². The molecule has 0 radical (unpaired) electrons. The summed E-state index contributed by atoms with van der Waals surface area (Å²) in [5.74, 6) is 1.16. The van der Waals surface area contributed by atoms with E-state index in [4.69, 9.17) is 9.47 Å². The number of allylic oxidation sites excluding steroid dienone is 4. The number of aryl methyl sites for hydroxylation is 2.